The van der Waals surface area contributed by atoms with Gasteiger partial charge in [-0.05, 0) is 48.0 Å². The molecule has 4 heterocycles. The first kappa shape index (κ1) is 14.0. The Bertz CT molecular complexity index is 803. The van der Waals surface area contributed by atoms with E-state index in [0.717, 1.165) is 33.9 Å². The van der Waals surface area contributed by atoms with Crippen LogP contribution in [-0.2, 0) is 0 Å². The Morgan fingerprint density at radius 3 is 3.09 bits per heavy atom. The second-order valence-corrected chi connectivity index (χ2v) is 7.60. The summed E-state index contributed by atoms with van der Waals surface area (Å²) in [5.74, 6) is 0.983. The number of halogens is 1. The molecule has 9 heteroatoms. The highest BCUT2D eigenvalue weighted by atomic mass is 79.9. The number of nitrogens with one attached hydrogen (secondary N) is 1. The van der Waals surface area contributed by atoms with Crippen LogP contribution in [0.3, 0.4) is 0 Å². The normalized spacial score (nSPS) is 18.2. The first-order valence-corrected chi connectivity index (χ1v) is 8.55. The Balaban J connectivity index is 1.66. The minimum atomic E-state index is 0.344. The van der Waals surface area contributed by atoms with E-state index in [4.69, 9.17) is 4.52 Å². The first-order chi connectivity index (χ1) is 10.7. The summed E-state index contributed by atoms with van der Waals surface area (Å²) in [6.45, 7) is 3.92. The van der Waals surface area contributed by atoms with Crippen LogP contribution in [0.4, 0.5) is 0 Å². The second kappa shape index (κ2) is 5.56. The average Bonchev–Trinajstić information content (AvgIpc) is 3.23. The summed E-state index contributed by atoms with van der Waals surface area (Å²) in [6, 6.07) is 4.26. The number of hydrogen-bond donors (Lipinski definition) is 1. The molecule has 0 bridgehead atoms. The van der Waals surface area contributed by atoms with Crippen molar-refractivity contribution in [1.29, 1.82) is 0 Å². The molecule has 22 heavy (non-hydrogen) atoms. The van der Waals surface area contributed by atoms with Gasteiger partial charge in [-0.25, -0.2) is 4.68 Å². The van der Waals surface area contributed by atoms with E-state index >= 15 is 0 Å². The largest absolute Gasteiger partial charge is 0.332 e. The standard InChI is InChI=1S/C13H13BrN6OS/c1-7-11(17-19-20(7)8-4-5-15-6-8)13-16-12(18-21-13)9-2-3-10(14)22-9/h2-3,8,15H,4-6H2,1H3. The van der Waals surface area contributed by atoms with Crippen molar-refractivity contribution in [3.05, 3.63) is 21.6 Å². The molecule has 4 rings (SSSR count). The fourth-order valence-electron chi connectivity index (χ4n) is 2.59. The van der Waals surface area contributed by atoms with Crippen molar-refractivity contribution in [3.63, 3.8) is 0 Å². The lowest BCUT2D eigenvalue weighted by atomic mass is 10.2. The third kappa shape index (κ3) is 2.38. The average molecular weight is 381 g/mol. The third-order valence-electron chi connectivity index (χ3n) is 3.73. The number of nitrogens with zero attached hydrogens (tertiary/aromatic N) is 5. The molecule has 1 fully saturated rings. The number of aromatic nitrogens is 5. The van der Waals surface area contributed by atoms with Crippen LogP contribution in [0, 0.1) is 6.92 Å². The summed E-state index contributed by atoms with van der Waals surface area (Å²) < 4.78 is 8.35. The Hall–Kier alpha value is -1.58. The van der Waals surface area contributed by atoms with E-state index < -0.39 is 0 Å². The van der Waals surface area contributed by atoms with Crippen molar-refractivity contribution in [3.8, 4) is 22.3 Å². The van der Waals surface area contributed by atoms with Gasteiger partial charge in [0.1, 0.15) is 0 Å². The van der Waals surface area contributed by atoms with Gasteiger partial charge in [-0.1, -0.05) is 10.4 Å². The fourth-order valence-corrected chi connectivity index (χ4v) is 3.90. The Kier molecular flexibility index (Phi) is 3.55. The number of hydrogen-bond acceptors (Lipinski definition) is 7. The van der Waals surface area contributed by atoms with Gasteiger partial charge in [-0.15, -0.1) is 16.4 Å². The van der Waals surface area contributed by atoms with E-state index in [-0.39, 0.29) is 0 Å². The molecule has 1 unspecified atom stereocenters. The zero-order valence-corrected chi connectivity index (χ0v) is 14.2. The molecular weight excluding hydrogens is 368 g/mol. The quantitative estimate of drug-likeness (QED) is 0.751. The van der Waals surface area contributed by atoms with Gasteiger partial charge in [0, 0.05) is 6.54 Å². The van der Waals surface area contributed by atoms with Crippen LogP contribution in [0.25, 0.3) is 22.3 Å². The Morgan fingerprint density at radius 2 is 2.36 bits per heavy atom. The van der Waals surface area contributed by atoms with E-state index in [9.17, 15) is 0 Å². The van der Waals surface area contributed by atoms with Gasteiger partial charge >= 0.3 is 0 Å². The summed E-state index contributed by atoms with van der Waals surface area (Å²) in [7, 11) is 0. The van der Waals surface area contributed by atoms with Gasteiger partial charge in [0.25, 0.3) is 5.89 Å². The molecule has 0 amide bonds. The monoisotopic (exact) mass is 380 g/mol. The Morgan fingerprint density at radius 1 is 1.45 bits per heavy atom. The summed E-state index contributed by atoms with van der Waals surface area (Å²) in [6.07, 6.45) is 1.06. The third-order valence-corrected chi connectivity index (χ3v) is 5.35. The molecule has 3 aromatic heterocycles. The summed E-state index contributed by atoms with van der Waals surface area (Å²) in [4.78, 5) is 5.40. The molecule has 3 aromatic rings. The van der Waals surface area contributed by atoms with E-state index in [1.807, 2.05) is 23.7 Å². The van der Waals surface area contributed by atoms with Gasteiger partial charge in [-0.2, -0.15) is 4.98 Å². The molecule has 0 spiro atoms. The zero-order valence-electron chi connectivity index (χ0n) is 11.8. The number of rotatable bonds is 3. The highest BCUT2D eigenvalue weighted by Crippen LogP contribution is 2.31. The van der Waals surface area contributed by atoms with Crippen molar-refractivity contribution >= 4 is 27.3 Å². The minimum Gasteiger partial charge on any atom is -0.332 e. The maximum absolute atomic E-state index is 5.37. The highest BCUT2D eigenvalue weighted by molar-refractivity contribution is 9.11. The molecule has 1 aliphatic rings. The molecule has 1 saturated heterocycles. The van der Waals surface area contributed by atoms with E-state index in [1.165, 1.54) is 0 Å². The molecule has 7 nitrogen and oxygen atoms in total. The van der Waals surface area contributed by atoms with Crippen molar-refractivity contribution in [1.82, 2.24) is 30.5 Å². The van der Waals surface area contributed by atoms with Crippen LogP contribution in [0.5, 0.6) is 0 Å². The van der Waals surface area contributed by atoms with Gasteiger partial charge in [0.15, 0.2) is 5.69 Å². The summed E-state index contributed by atoms with van der Waals surface area (Å²) in [5.41, 5.74) is 1.61. The summed E-state index contributed by atoms with van der Waals surface area (Å²) >= 11 is 5.00. The lowest BCUT2D eigenvalue weighted by Gasteiger charge is -2.09. The van der Waals surface area contributed by atoms with Crippen molar-refractivity contribution < 1.29 is 4.52 Å². The maximum atomic E-state index is 5.37. The fraction of sp³-hybridized carbons (Fsp3) is 0.385. The predicted octanol–water partition coefficient (Wildman–Crippen LogP) is 2.66. The predicted molar refractivity (Wildman–Crippen MR) is 85.6 cm³/mol. The lowest BCUT2D eigenvalue weighted by Crippen LogP contribution is -2.15. The van der Waals surface area contributed by atoms with Crippen molar-refractivity contribution in [2.75, 3.05) is 13.1 Å². The minimum absolute atomic E-state index is 0.344. The lowest BCUT2D eigenvalue weighted by molar-refractivity contribution is 0.430. The number of thiophene rings is 1. The highest BCUT2D eigenvalue weighted by Gasteiger charge is 2.24. The first-order valence-electron chi connectivity index (χ1n) is 6.94. The summed E-state index contributed by atoms with van der Waals surface area (Å²) in [5, 5.41) is 15.9. The molecule has 0 saturated carbocycles. The SMILES string of the molecule is Cc1c(-c2nc(-c3ccc(Br)s3)no2)nnn1C1CCNC1. The Labute approximate surface area is 138 Å². The van der Waals surface area contributed by atoms with Gasteiger partial charge < -0.3 is 9.84 Å². The van der Waals surface area contributed by atoms with E-state index in [2.05, 4.69) is 41.7 Å². The van der Waals surface area contributed by atoms with Crippen LogP contribution in [0.15, 0.2) is 20.4 Å². The van der Waals surface area contributed by atoms with Gasteiger partial charge in [-0.3, -0.25) is 0 Å². The molecule has 1 atom stereocenters. The maximum Gasteiger partial charge on any atom is 0.280 e. The zero-order chi connectivity index (χ0) is 15.1. The van der Waals surface area contributed by atoms with E-state index in [0.29, 0.717) is 23.5 Å². The molecular formula is C13H13BrN6OS. The molecule has 114 valence electrons. The smallest absolute Gasteiger partial charge is 0.280 e. The van der Waals surface area contributed by atoms with Crippen LogP contribution in [-0.4, -0.2) is 38.2 Å². The van der Waals surface area contributed by atoms with E-state index in [1.54, 1.807) is 11.3 Å². The molecule has 1 aliphatic heterocycles. The molecule has 0 radical (unpaired) electrons. The topological polar surface area (TPSA) is 81.7 Å². The van der Waals surface area contributed by atoms with Gasteiger partial charge in [0.05, 0.1) is 20.4 Å². The van der Waals surface area contributed by atoms with Crippen LogP contribution in [0.1, 0.15) is 18.2 Å². The second-order valence-electron chi connectivity index (χ2n) is 5.14. The molecule has 0 aliphatic carbocycles. The van der Waals surface area contributed by atoms with Crippen molar-refractivity contribution in [2.45, 2.75) is 19.4 Å². The van der Waals surface area contributed by atoms with Crippen LogP contribution >= 0.6 is 27.3 Å². The van der Waals surface area contributed by atoms with Gasteiger partial charge in [0.2, 0.25) is 5.82 Å². The van der Waals surface area contributed by atoms with Crippen LogP contribution in [0.2, 0.25) is 0 Å². The van der Waals surface area contributed by atoms with Crippen molar-refractivity contribution in [2.24, 2.45) is 0 Å². The molecule has 0 aromatic carbocycles. The van der Waals surface area contributed by atoms with Crippen LogP contribution < -0.4 is 5.32 Å². The molecule has 1 N–H and O–H groups in total.